The number of carboxylic acids is 1. The van der Waals surface area contributed by atoms with E-state index in [1.165, 1.54) is 0 Å². The first kappa shape index (κ1) is 27.5. The third-order valence-corrected chi connectivity index (χ3v) is 10.7. The van der Waals surface area contributed by atoms with Gasteiger partial charge in [0, 0.05) is 30.6 Å². The number of ether oxygens (including phenoxy) is 1. The number of likely N-dealkylation sites (N-methyl/N-ethyl adjacent to an activating group) is 1. The number of carbonyl (C=O) groups is 2. The maximum absolute atomic E-state index is 13.7. The van der Waals surface area contributed by atoms with Gasteiger partial charge in [-0.25, -0.2) is 0 Å². The number of rotatable bonds is 8. The van der Waals surface area contributed by atoms with Crippen LogP contribution in [0.3, 0.4) is 0 Å². The molecule has 1 aliphatic heterocycles. The van der Waals surface area contributed by atoms with Crippen LogP contribution in [0.4, 0.5) is 0 Å². The lowest BCUT2D eigenvalue weighted by Gasteiger charge is -2.63. The van der Waals surface area contributed by atoms with Crippen molar-refractivity contribution in [2.24, 2.45) is 46.3 Å². The quantitative estimate of drug-likeness (QED) is 0.353. The highest BCUT2D eigenvalue weighted by molar-refractivity contribution is 5.87. The summed E-state index contributed by atoms with van der Waals surface area (Å²) in [5.74, 6) is 0.278. The number of carbonyl (C=O) groups excluding carboxylic acids is 1. The first-order valence-corrected chi connectivity index (χ1v) is 14.8. The highest BCUT2D eigenvalue weighted by Crippen LogP contribution is 2.71. The van der Waals surface area contributed by atoms with Gasteiger partial charge in [0.1, 0.15) is 11.7 Å². The molecule has 3 fully saturated rings. The minimum Gasteiger partial charge on any atom is -0.481 e. The number of carboxylic acid groups (broad SMARTS) is 1. The Morgan fingerprint density at radius 1 is 1.21 bits per heavy atom. The van der Waals surface area contributed by atoms with Crippen LogP contribution in [0.5, 0.6) is 0 Å². The Morgan fingerprint density at radius 3 is 2.66 bits per heavy atom. The predicted molar refractivity (Wildman–Crippen MR) is 147 cm³/mol. The van der Waals surface area contributed by atoms with Crippen molar-refractivity contribution in [3.63, 3.8) is 0 Å². The summed E-state index contributed by atoms with van der Waals surface area (Å²) in [6.45, 7) is 10.2. The van der Waals surface area contributed by atoms with E-state index in [9.17, 15) is 14.7 Å². The van der Waals surface area contributed by atoms with Gasteiger partial charge in [-0.2, -0.15) is 0 Å². The lowest BCUT2D eigenvalue weighted by Crippen LogP contribution is -2.66. The molecule has 2 saturated carbocycles. The molecule has 2 heterocycles. The monoisotopic (exact) mass is 522 g/mol. The topological polar surface area (TPSA) is 79.7 Å². The summed E-state index contributed by atoms with van der Waals surface area (Å²) in [6.07, 6.45) is 10.3. The molecule has 1 N–H and O–H groups in total. The van der Waals surface area contributed by atoms with Gasteiger partial charge >= 0.3 is 5.97 Å². The average molecular weight is 523 g/mol. The number of nitrogens with zero attached hydrogens (tertiary/aromatic N) is 2. The molecule has 0 bridgehead atoms. The third-order valence-electron chi connectivity index (χ3n) is 10.7. The Bertz CT molecular complexity index is 1060. The fraction of sp³-hybridized carbons (Fsp3) is 0.719. The number of hydrogen-bond acceptors (Lipinski definition) is 5. The van der Waals surface area contributed by atoms with Gasteiger partial charge in [-0.1, -0.05) is 51.8 Å². The predicted octanol–water partition coefficient (Wildman–Crippen LogP) is 5.62. The lowest BCUT2D eigenvalue weighted by atomic mass is 9.38. The minimum absolute atomic E-state index is 0.0536. The molecular formula is C32H46N2O4. The Hall–Kier alpha value is -2.05. The lowest BCUT2D eigenvalue weighted by molar-refractivity contribution is -0.195. The molecule has 38 heavy (non-hydrogen) atoms. The molecule has 0 amide bonds. The van der Waals surface area contributed by atoms with E-state index in [-0.39, 0.29) is 35.9 Å². The standard InChI is InChI=1S/C32H46N2O4/c1-20(2)27-14-21(3)16-31(19-35)26-11-9-22(4)25(26)15-28(32(27,31)30(36)37)29-12-10-24(38-29)18-34(5)17-23-8-6-7-13-33-23/h6-8,13-14,19-22,24-26,28-29H,9-12,15-18H2,1-5H3,(H,36,37)/t21?,22-,24?,25-,26-,28?,29?,31?,32?/m1/s1. The molecule has 1 saturated heterocycles. The Morgan fingerprint density at radius 2 is 2.00 bits per heavy atom. The molecule has 5 rings (SSSR count). The molecule has 0 radical (unpaired) electrons. The summed E-state index contributed by atoms with van der Waals surface area (Å²) in [7, 11) is 2.09. The Labute approximate surface area is 228 Å². The van der Waals surface area contributed by atoms with Crippen LogP contribution in [-0.4, -0.2) is 53.0 Å². The van der Waals surface area contributed by atoms with Crippen LogP contribution in [0.2, 0.25) is 0 Å². The largest absolute Gasteiger partial charge is 0.481 e. The summed E-state index contributed by atoms with van der Waals surface area (Å²) >= 11 is 0. The van der Waals surface area contributed by atoms with Gasteiger partial charge in [-0.15, -0.1) is 0 Å². The molecule has 6 unspecified atom stereocenters. The van der Waals surface area contributed by atoms with Gasteiger partial charge < -0.3 is 14.6 Å². The van der Waals surface area contributed by atoms with Crippen LogP contribution < -0.4 is 0 Å². The molecule has 1 aromatic rings. The molecule has 3 aliphatic carbocycles. The molecule has 6 nitrogen and oxygen atoms in total. The summed E-state index contributed by atoms with van der Waals surface area (Å²) in [4.78, 5) is 33.8. The minimum atomic E-state index is -1.19. The Balaban J connectivity index is 1.49. The molecule has 1 aromatic heterocycles. The number of aliphatic carboxylic acids is 1. The first-order chi connectivity index (χ1) is 18.1. The van der Waals surface area contributed by atoms with E-state index >= 15 is 0 Å². The number of pyridine rings is 1. The normalized spacial score (nSPS) is 40.6. The van der Waals surface area contributed by atoms with Crippen LogP contribution in [0.1, 0.15) is 71.9 Å². The van der Waals surface area contributed by atoms with Crippen molar-refractivity contribution in [3.8, 4) is 0 Å². The number of allylic oxidation sites excluding steroid dienone is 1. The second-order valence-corrected chi connectivity index (χ2v) is 13.3. The summed E-state index contributed by atoms with van der Waals surface area (Å²) in [5.41, 5.74) is -0.0673. The van der Waals surface area contributed by atoms with Crippen molar-refractivity contribution in [1.82, 2.24) is 9.88 Å². The maximum Gasteiger partial charge on any atom is 0.315 e. The zero-order valence-corrected chi connectivity index (χ0v) is 23.8. The fourth-order valence-electron chi connectivity index (χ4n) is 9.37. The van der Waals surface area contributed by atoms with E-state index in [0.29, 0.717) is 18.3 Å². The van der Waals surface area contributed by atoms with E-state index in [4.69, 9.17) is 4.74 Å². The molecule has 9 atom stereocenters. The van der Waals surface area contributed by atoms with E-state index < -0.39 is 16.8 Å². The summed E-state index contributed by atoms with van der Waals surface area (Å²) in [6, 6.07) is 5.97. The molecule has 208 valence electrons. The highest BCUT2D eigenvalue weighted by Gasteiger charge is 2.73. The van der Waals surface area contributed by atoms with E-state index in [0.717, 1.165) is 62.7 Å². The molecule has 6 heteroatoms. The summed E-state index contributed by atoms with van der Waals surface area (Å²) in [5, 5.41) is 11.2. The second kappa shape index (κ2) is 10.5. The van der Waals surface area contributed by atoms with Gasteiger partial charge in [0.15, 0.2) is 0 Å². The fourth-order valence-corrected chi connectivity index (χ4v) is 9.37. The van der Waals surface area contributed by atoms with Crippen molar-refractivity contribution in [3.05, 3.63) is 41.7 Å². The van der Waals surface area contributed by atoms with Crippen molar-refractivity contribution in [2.75, 3.05) is 13.6 Å². The van der Waals surface area contributed by atoms with Gasteiger partial charge in [0.25, 0.3) is 0 Å². The van der Waals surface area contributed by atoms with Crippen LogP contribution in [0.25, 0.3) is 0 Å². The number of fused-ring (bicyclic) bond motifs is 3. The van der Waals surface area contributed by atoms with Crippen molar-refractivity contribution in [1.29, 1.82) is 0 Å². The van der Waals surface area contributed by atoms with E-state index in [1.807, 2.05) is 24.4 Å². The van der Waals surface area contributed by atoms with E-state index in [2.05, 4.69) is 50.7 Å². The van der Waals surface area contributed by atoms with Gasteiger partial charge in [-0.05, 0) is 80.9 Å². The average Bonchev–Trinajstić information content (AvgIpc) is 3.49. The SMILES string of the molecule is CC1C=C(C(C)C)C2(C(=O)O)C(C3CCC(CN(C)Cc4ccccn4)O3)C[C@@H]3[C@H](C)CC[C@H]3C2(C=O)C1. The number of aromatic nitrogens is 1. The van der Waals surface area contributed by atoms with E-state index in [1.54, 1.807) is 0 Å². The maximum atomic E-state index is 13.7. The second-order valence-electron chi connectivity index (χ2n) is 13.3. The zero-order chi connectivity index (χ0) is 27.2. The van der Waals surface area contributed by atoms with Gasteiger partial charge in [0.05, 0.1) is 17.9 Å². The highest BCUT2D eigenvalue weighted by atomic mass is 16.5. The van der Waals surface area contributed by atoms with Crippen LogP contribution >= 0.6 is 0 Å². The molecule has 0 aromatic carbocycles. The summed E-state index contributed by atoms with van der Waals surface area (Å²) < 4.78 is 6.79. The number of aldehydes is 1. The van der Waals surface area contributed by atoms with Crippen molar-refractivity contribution >= 4 is 12.3 Å². The molecular weight excluding hydrogens is 476 g/mol. The smallest absolute Gasteiger partial charge is 0.315 e. The van der Waals surface area contributed by atoms with Crippen LogP contribution in [-0.2, 0) is 20.9 Å². The Kier molecular flexibility index (Phi) is 7.60. The molecule has 4 aliphatic rings. The zero-order valence-electron chi connectivity index (χ0n) is 23.8. The van der Waals surface area contributed by atoms with Gasteiger partial charge in [0.2, 0.25) is 0 Å². The van der Waals surface area contributed by atoms with Crippen LogP contribution in [0, 0.1) is 46.3 Å². The van der Waals surface area contributed by atoms with Crippen molar-refractivity contribution < 1.29 is 19.4 Å². The number of hydrogen-bond donors (Lipinski definition) is 1. The van der Waals surface area contributed by atoms with Crippen molar-refractivity contribution in [2.45, 2.75) is 85.0 Å². The first-order valence-electron chi connectivity index (χ1n) is 14.8. The van der Waals surface area contributed by atoms with Crippen LogP contribution in [0.15, 0.2) is 36.0 Å². The van der Waals surface area contributed by atoms with Gasteiger partial charge in [-0.3, -0.25) is 14.7 Å². The molecule has 0 spiro atoms. The third kappa shape index (κ3) is 4.27.